The SMILES string of the molecule is O=C(COc1ccccc1)N1CCC(N2CCC(Oc3nccs3)CC2)CC1. The number of likely N-dealkylation sites (tertiary alicyclic amines) is 2. The Morgan fingerprint density at radius 2 is 1.82 bits per heavy atom. The predicted molar refractivity (Wildman–Crippen MR) is 109 cm³/mol. The second kappa shape index (κ2) is 9.39. The Balaban J connectivity index is 1.17. The maximum Gasteiger partial charge on any atom is 0.273 e. The molecule has 2 saturated heterocycles. The van der Waals surface area contributed by atoms with E-state index < -0.39 is 0 Å². The van der Waals surface area contributed by atoms with Crippen LogP contribution in [0, 0.1) is 0 Å². The third-order valence-electron chi connectivity index (χ3n) is 5.59. The fourth-order valence-electron chi connectivity index (χ4n) is 4.00. The van der Waals surface area contributed by atoms with Gasteiger partial charge >= 0.3 is 0 Å². The van der Waals surface area contributed by atoms with E-state index in [0.717, 1.165) is 62.8 Å². The fraction of sp³-hybridized carbons (Fsp3) is 0.524. The van der Waals surface area contributed by atoms with Crippen LogP contribution in [0.1, 0.15) is 25.7 Å². The van der Waals surface area contributed by atoms with Crippen molar-refractivity contribution in [3.05, 3.63) is 41.9 Å². The van der Waals surface area contributed by atoms with Crippen molar-refractivity contribution in [2.45, 2.75) is 37.8 Å². The number of para-hydroxylation sites is 1. The van der Waals surface area contributed by atoms with Gasteiger partial charge in [0.15, 0.2) is 6.61 Å². The number of rotatable bonds is 6. The largest absolute Gasteiger partial charge is 0.484 e. The molecule has 1 amide bonds. The third kappa shape index (κ3) is 5.02. The van der Waals surface area contributed by atoms with Crippen LogP contribution >= 0.6 is 11.3 Å². The lowest BCUT2D eigenvalue weighted by atomic mass is 9.99. The highest BCUT2D eigenvalue weighted by Crippen LogP contribution is 2.25. The van der Waals surface area contributed by atoms with E-state index in [-0.39, 0.29) is 18.6 Å². The lowest BCUT2D eigenvalue weighted by Crippen LogP contribution is -2.50. The van der Waals surface area contributed by atoms with Crippen LogP contribution in [-0.4, -0.2) is 65.6 Å². The third-order valence-corrected chi connectivity index (χ3v) is 6.25. The number of ether oxygens (including phenoxy) is 2. The number of thiazole rings is 1. The molecule has 1 aromatic heterocycles. The van der Waals surface area contributed by atoms with Gasteiger partial charge < -0.3 is 14.4 Å². The number of hydrogen-bond donors (Lipinski definition) is 0. The number of piperidine rings is 2. The average molecular weight is 402 g/mol. The molecule has 0 atom stereocenters. The molecule has 6 nitrogen and oxygen atoms in total. The van der Waals surface area contributed by atoms with Gasteiger partial charge in [-0.2, -0.15) is 0 Å². The minimum atomic E-state index is 0.0814. The van der Waals surface area contributed by atoms with Crippen molar-refractivity contribution in [3.63, 3.8) is 0 Å². The molecule has 4 rings (SSSR count). The van der Waals surface area contributed by atoms with Crippen molar-refractivity contribution in [2.75, 3.05) is 32.8 Å². The summed E-state index contributed by atoms with van der Waals surface area (Å²) < 4.78 is 11.6. The Bertz CT molecular complexity index is 725. The number of amides is 1. The topological polar surface area (TPSA) is 54.9 Å². The molecule has 0 radical (unpaired) electrons. The highest BCUT2D eigenvalue weighted by molar-refractivity contribution is 7.11. The number of benzene rings is 1. The van der Waals surface area contributed by atoms with Crippen molar-refractivity contribution in [1.29, 1.82) is 0 Å². The summed E-state index contributed by atoms with van der Waals surface area (Å²) in [6, 6.07) is 10.1. The molecule has 150 valence electrons. The van der Waals surface area contributed by atoms with Crippen molar-refractivity contribution >= 4 is 17.2 Å². The molecule has 0 spiro atoms. The number of nitrogens with zero attached hydrogens (tertiary/aromatic N) is 3. The van der Waals surface area contributed by atoms with E-state index in [0.29, 0.717) is 6.04 Å². The quantitative estimate of drug-likeness (QED) is 0.745. The summed E-state index contributed by atoms with van der Waals surface area (Å²) in [5.41, 5.74) is 0. The Morgan fingerprint density at radius 1 is 1.07 bits per heavy atom. The van der Waals surface area contributed by atoms with Crippen LogP contribution in [0.3, 0.4) is 0 Å². The van der Waals surface area contributed by atoms with Crippen LogP contribution in [0.2, 0.25) is 0 Å². The maximum absolute atomic E-state index is 12.4. The Kier molecular flexibility index (Phi) is 6.44. The summed E-state index contributed by atoms with van der Waals surface area (Å²) in [4.78, 5) is 21.1. The second-order valence-corrected chi connectivity index (χ2v) is 8.22. The minimum Gasteiger partial charge on any atom is -0.484 e. The molecule has 1 aromatic carbocycles. The van der Waals surface area contributed by atoms with E-state index in [1.807, 2.05) is 40.6 Å². The molecule has 0 N–H and O–H groups in total. The molecule has 28 heavy (non-hydrogen) atoms. The maximum atomic E-state index is 12.4. The standard InChI is InChI=1S/C21H27N3O3S/c25-20(16-26-18-4-2-1-3-5-18)24-11-6-17(7-12-24)23-13-8-19(9-14-23)27-21-22-10-15-28-21/h1-5,10,15,17,19H,6-9,11-14,16H2. The number of carbonyl (C=O) groups excluding carboxylic acids is 1. The van der Waals surface area contributed by atoms with Crippen LogP contribution in [0.15, 0.2) is 41.9 Å². The van der Waals surface area contributed by atoms with Gasteiger partial charge in [-0.3, -0.25) is 9.69 Å². The van der Waals surface area contributed by atoms with E-state index in [2.05, 4.69) is 9.88 Å². The molecular weight excluding hydrogens is 374 g/mol. The first-order valence-corrected chi connectivity index (χ1v) is 10.9. The van der Waals surface area contributed by atoms with Gasteiger partial charge in [0.1, 0.15) is 11.9 Å². The van der Waals surface area contributed by atoms with Gasteiger partial charge in [-0.1, -0.05) is 29.5 Å². The zero-order valence-electron chi connectivity index (χ0n) is 16.0. The Hall–Kier alpha value is -2.12. The zero-order valence-corrected chi connectivity index (χ0v) is 16.9. The average Bonchev–Trinajstić information content (AvgIpc) is 3.26. The lowest BCUT2D eigenvalue weighted by molar-refractivity contribution is -0.135. The fourth-order valence-corrected chi connectivity index (χ4v) is 4.55. The highest BCUT2D eigenvalue weighted by Gasteiger charge is 2.30. The van der Waals surface area contributed by atoms with Crippen LogP contribution < -0.4 is 9.47 Å². The summed E-state index contributed by atoms with van der Waals surface area (Å²) in [6.07, 6.45) is 6.23. The van der Waals surface area contributed by atoms with E-state index in [4.69, 9.17) is 9.47 Å². The van der Waals surface area contributed by atoms with Crippen molar-refractivity contribution < 1.29 is 14.3 Å². The smallest absolute Gasteiger partial charge is 0.273 e. The van der Waals surface area contributed by atoms with E-state index in [9.17, 15) is 4.79 Å². The van der Waals surface area contributed by atoms with Crippen molar-refractivity contribution in [1.82, 2.24) is 14.8 Å². The normalized spacial score (nSPS) is 19.5. The van der Waals surface area contributed by atoms with Gasteiger partial charge in [-0.25, -0.2) is 4.98 Å². The van der Waals surface area contributed by atoms with Crippen molar-refractivity contribution in [2.24, 2.45) is 0 Å². The first kappa shape index (κ1) is 19.2. The first-order valence-electron chi connectivity index (χ1n) is 10.0. The van der Waals surface area contributed by atoms with E-state index in [1.165, 1.54) is 0 Å². The molecular formula is C21H27N3O3S. The summed E-state index contributed by atoms with van der Waals surface area (Å²) in [5, 5.41) is 2.73. The van der Waals surface area contributed by atoms with Crippen LogP contribution in [0.25, 0.3) is 0 Å². The summed E-state index contributed by atoms with van der Waals surface area (Å²) in [6.45, 7) is 3.88. The van der Waals surface area contributed by atoms with Gasteiger partial charge in [-0.05, 0) is 37.8 Å². The number of carbonyl (C=O) groups is 1. The molecule has 0 aliphatic carbocycles. The van der Waals surface area contributed by atoms with Gasteiger partial charge in [0, 0.05) is 43.8 Å². The summed E-state index contributed by atoms with van der Waals surface area (Å²) in [7, 11) is 0. The molecule has 2 aromatic rings. The molecule has 7 heteroatoms. The molecule has 2 aliphatic rings. The van der Waals surface area contributed by atoms with Crippen LogP contribution in [-0.2, 0) is 4.79 Å². The minimum absolute atomic E-state index is 0.0814. The van der Waals surface area contributed by atoms with Crippen molar-refractivity contribution in [3.8, 4) is 10.9 Å². The first-order chi connectivity index (χ1) is 13.8. The summed E-state index contributed by atoms with van der Waals surface area (Å²) in [5.74, 6) is 0.825. The Labute approximate surface area is 170 Å². The molecule has 0 bridgehead atoms. The van der Waals surface area contributed by atoms with Gasteiger partial charge in [0.2, 0.25) is 0 Å². The van der Waals surface area contributed by atoms with Gasteiger partial charge in [0.25, 0.3) is 11.1 Å². The van der Waals surface area contributed by atoms with Crippen LogP contribution in [0.5, 0.6) is 10.9 Å². The molecule has 0 saturated carbocycles. The molecule has 2 fully saturated rings. The molecule has 2 aliphatic heterocycles. The number of hydrogen-bond acceptors (Lipinski definition) is 6. The van der Waals surface area contributed by atoms with E-state index in [1.54, 1.807) is 17.5 Å². The summed E-state index contributed by atoms with van der Waals surface area (Å²) >= 11 is 1.56. The highest BCUT2D eigenvalue weighted by atomic mass is 32.1. The van der Waals surface area contributed by atoms with Gasteiger partial charge in [-0.15, -0.1) is 0 Å². The monoisotopic (exact) mass is 401 g/mol. The zero-order chi connectivity index (χ0) is 19.2. The second-order valence-electron chi connectivity index (χ2n) is 7.36. The van der Waals surface area contributed by atoms with Gasteiger partial charge in [0.05, 0.1) is 0 Å². The van der Waals surface area contributed by atoms with E-state index >= 15 is 0 Å². The van der Waals surface area contributed by atoms with Crippen LogP contribution in [0.4, 0.5) is 0 Å². The molecule has 0 unspecified atom stereocenters. The predicted octanol–water partition coefficient (Wildman–Crippen LogP) is 3.06. The molecule has 3 heterocycles. The number of aromatic nitrogens is 1. The lowest BCUT2D eigenvalue weighted by Gasteiger charge is -2.41. The Morgan fingerprint density at radius 3 is 2.50 bits per heavy atom.